The van der Waals surface area contributed by atoms with E-state index in [0.29, 0.717) is 0 Å². The Morgan fingerprint density at radius 2 is 0.956 bits per heavy atom. The van der Waals surface area contributed by atoms with Crippen LogP contribution in [-0.4, -0.2) is 4.57 Å². The highest BCUT2D eigenvalue weighted by Gasteiger charge is 2.47. The van der Waals surface area contributed by atoms with Crippen molar-refractivity contribution in [3.63, 3.8) is 0 Å². The van der Waals surface area contributed by atoms with Crippen LogP contribution in [0.2, 0.25) is 0 Å². The van der Waals surface area contributed by atoms with E-state index in [2.05, 4.69) is 264 Å². The van der Waals surface area contributed by atoms with Gasteiger partial charge in [0.15, 0.2) is 0 Å². The van der Waals surface area contributed by atoms with E-state index in [1.54, 1.807) is 0 Å². The monoisotopic (exact) mass is 866 g/mol. The highest BCUT2D eigenvalue weighted by atomic mass is 16.3. The number of para-hydroxylation sites is 3. The predicted octanol–water partition coefficient (Wildman–Crippen LogP) is 17.3. The zero-order valence-electron chi connectivity index (χ0n) is 37.1. The minimum absolute atomic E-state index is 0.547. The first-order valence-corrected chi connectivity index (χ1v) is 23.4. The molecule has 14 rings (SSSR count). The van der Waals surface area contributed by atoms with Gasteiger partial charge in [0, 0.05) is 49.3 Å². The van der Waals surface area contributed by atoms with Crippen LogP contribution >= 0.6 is 0 Å². The molecule has 0 N–H and O–H groups in total. The normalized spacial score (nSPS) is 12.8. The van der Waals surface area contributed by atoms with Crippen molar-refractivity contribution in [2.24, 2.45) is 0 Å². The Morgan fingerprint density at radius 1 is 0.368 bits per heavy atom. The smallest absolute Gasteiger partial charge is 0.143 e. The van der Waals surface area contributed by atoms with Crippen molar-refractivity contribution in [1.82, 2.24) is 4.57 Å². The third kappa shape index (κ3) is 5.54. The lowest BCUT2D eigenvalue weighted by molar-refractivity contribution is 0.672. The van der Waals surface area contributed by atoms with Gasteiger partial charge < -0.3 is 13.9 Å². The molecule has 0 saturated heterocycles. The Balaban J connectivity index is 1.02. The number of fused-ring (bicyclic) bond motifs is 11. The van der Waals surface area contributed by atoms with Gasteiger partial charge in [0.2, 0.25) is 0 Å². The third-order valence-corrected chi connectivity index (χ3v) is 14.5. The van der Waals surface area contributed by atoms with E-state index in [1.165, 1.54) is 60.8 Å². The Labute approximate surface area is 394 Å². The van der Waals surface area contributed by atoms with Crippen molar-refractivity contribution < 1.29 is 4.42 Å². The highest BCUT2D eigenvalue weighted by Crippen LogP contribution is 2.60. The molecule has 13 aromatic rings. The van der Waals surface area contributed by atoms with Gasteiger partial charge in [-0.05, 0) is 99.6 Å². The van der Waals surface area contributed by atoms with Crippen LogP contribution in [0.15, 0.2) is 259 Å². The number of anilines is 3. The molecule has 3 nitrogen and oxygen atoms in total. The van der Waals surface area contributed by atoms with Gasteiger partial charge in [-0.3, -0.25) is 0 Å². The molecular weight excluding hydrogens is 825 g/mol. The number of rotatable bonds is 7. The maximum Gasteiger partial charge on any atom is 0.143 e. The predicted molar refractivity (Wildman–Crippen MR) is 283 cm³/mol. The fourth-order valence-corrected chi connectivity index (χ4v) is 11.6. The van der Waals surface area contributed by atoms with Crippen molar-refractivity contribution >= 4 is 71.6 Å². The second-order valence-electron chi connectivity index (χ2n) is 17.9. The summed E-state index contributed by atoms with van der Waals surface area (Å²) in [6.07, 6.45) is 0. The van der Waals surface area contributed by atoms with Crippen LogP contribution in [0.4, 0.5) is 17.1 Å². The van der Waals surface area contributed by atoms with Gasteiger partial charge in [-0.1, -0.05) is 194 Å². The van der Waals surface area contributed by atoms with Crippen molar-refractivity contribution in [3.8, 4) is 27.9 Å². The third-order valence-electron chi connectivity index (χ3n) is 14.5. The van der Waals surface area contributed by atoms with Crippen LogP contribution in [0, 0.1) is 0 Å². The van der Waals surface area contributed by atoms with Crippen LogP contribution in [0.3, 0.4) is 0 Å². The second kappa shape index (κ2) is 15.1. The van der Waals surface area contributed by atoms with Crippen LogP contribution in [0.25, 0.3) is 82.5 Å². The summed E-state index contributed by atoms with van der Waals surface area (Å²) in [4.78, 5) is 2.51. The number of benzene rings is 11. The minimum atomic E-state index is -0.547. The van der Waals surface area contributed by atoms with Gasteiger partial charge in [-0.2, -0.15) is 0 Å². The number of aromatic nitrogens is 1. The number of hydrogen-bond donors (Lipinski definition) is 0. The van der Waals surface area contributed by atoms with E-state index in [1.807, 2.05) is 0 Å². The Hall–Kier alpha value is -8.92. The second-order valence-corrected chi connectivity index (χ2v) is 17.9. The van der Waals surface area contributed by atoms with E-state index >= 15 is 0 Å². The van der Waals surface area contributed by atoms with E-state index in [0.717, 1.165) is 61.0 Å². The quantitative estimate of drug-likeness (QED) is 0.159. The Bertz CT molecular complexity index is 4030. The molecule has 0 amide bonds. The van der Waals surface area contributed by atoms with Crippen LogP contribution in [0.1, 0.15) is 22.3 Å². The average Bonchev–Trinajstić information content (AvgIpc) is 4.06. The topological polar surface area (TPSA) is 21.3 Å². The zero-order chi connectivity index (χ0) is 44.8. The molecule has 0 atom stereocenters. The molecule has 2 heterocycles. The van der Waals surface area contributed by atoms with Crippen LogP contribution < -0.4 is 4.90 Å². The van der Waals surface area contributed by atoms with Gasteiger partial charge in [-0.15, -0.1) is 0 Å². The molecule has 68 heavy (non-hydrogen) atoms. The van der Waals surface area contributed by atoms with Crippen molar-refractivity contribution in [1.29, 1.82) is 0 Å². The maximum absolute atomic E-state index is 6.69. The number of hydrogen-bond acceptors (Lipinski definition) is 2. The maximum atomic E-state index is 6.69. The first-order chi connectivity index (χ1) is 33.8. The first-order valence-electron chi connectivity index (χ1n) is 23.4. The molecule has 0 bridgehead atoms. The molecule has 0 unspecified atom stereocenters. The number of nitrogens with zero attached hydrogens (tertiary/aromatic N) is 2. The Kier molecular flexibility index (Phi) is 8.50. The molecule has 0 radical (unpaired) electrons. The minimum Gasteiger partial charge on any atom is -0.455 e. The summed E-state index contributed by atoms with van der Waals surface area (Å²) >= 11 is 0. The van der Waals surface area contributed by atoms with Gasteiger partial charge >= 0.3 is 0 Å². The van der Waals surface area contributed by atoms with E-state index in [9.17, 15) is 0 Å². The standard InChI is InChI=1S/C65H42N2O/c1-4-19-45(20-5-1)65(46-21-6-2-7-22-46)56-30-15-12-29-53(56)63-57(65)31-18-33-60(63)67(61-42-55-51-27-14-17-34-62(51)68-64(55)52-28-11-10-25-49(52)61)48-38-35-43(36-39-48)44-37-40-59-54(41-44)50-26-13-16-32-58(50)66(59)47-23-8-3-9-24-47/h1-42H. The summed E-state index contributed by atoms with van der Waals surface area (Å²) in [5, 5.41) is 6.87. The molecule has 0 aliphatic heterocycles. The Morgan fingerprint density at radius 3 is 1.72 bits per heavy atom. The molecule has 1 aliphatic rings. The zero-order valence-corrected chi connectivity index (χ0v) is 37.1. The lowest BCUT2D eigenvalue weighted by atomic mass is 9.68. The summed E-state index contributed by atoms with van der Waals surface area (Å²) in [6.45, 7) is 0. The molecule has 1 aliphatic carbocycles. The molecule has 2 aromatic heterocycles. The van der Waals surface area contributed by atoms with Crippen LogP contribution in [0.5, 0.6) is 0 Å². The molecule has 3 heteroatoms. The van der Waals surface area contributed by atoms with E-state index in [-0.39, 0.29) is 0 Å². The highest BCUT2D eigenvalue weighted by molar-refractivity contribution is 6.20. The van der Waals surface area contributed by atoms with E-state index in [4.69, 9.17) is 4.42 Å². The SMILES string of the molecule is c1ccc(-n2c3ccccc3c3cc(-c4ccc(N(c5cccc6c5-c5ccccc5C6(c5ccccc5)c5ccccc5)c5cc6c7ccccc7oc6c6ccccc56)cc4)ccc32)cc1. The van der Waals surface area contributed by atoms with Crippen molar-refractivity contribution in [2.45, 2.75) is 5.41 Å². The van der Waals surface area contributed by atoms with Gasteiger partial charge in [0.25, 0.3) is 0 Å². The molecule has 0 spiro atoms. The number of furan rings is 1. The largest absolute Gasteiger partial charge is 0.455 e. The van der Waals surface area contributed by atoms with Crippen LogP contribution in [-0.2, 0) is 5.41 Å². The van der Waals surface area contributed by atoms with Gasteiger partial charge in [0.1, 0.15) is 11.2 Å². The molecular formula is C65H42N2O. The lowest BCUT2D eigenvalue weighted by Crippen LogP contribution is -2.28. The fraction of sp³-hybridized carbons (Fsp3) is 0.0154. The fourth-order valence-electron chi connectivity index (χ4n) is 11.6. The summed E-state index contributed by atoms with van der Waals surface area (Å²) < 4.78 is 9.06. The van der Waals surface area contributed by atoms with E-state index < -0.39 is 5.41 Å². The summed E-state index contributed by atoms with van der Waals surface area (Å²) in [6, 6.07) is 93.1. The van der Waals surface area contributed by atoms with Gasteiger partial charge in [0.05, 0.1) is 27.8 Å². The van der Waals surface area contributed by atoms with Gasteiger partial charge in [-0.25, -0.2) is 0 Å². The average molecular weight is 867 g/mol. The summed E-state index contributed by atoms with van der Waals surface area (Å²) in [5.41, 5.74) is 17.9. The molecule has 0 saturated carbocycles. The first kappa shape index (κ1) is 38.4. The molecule has 318 valence electrons. The molecule has 0 fully saturated rings. The lowest BCUT2D eigenvalue weighted by Gasteiger charge is -2.34. The summed E-state index contributed by atoms with van der Waals surface area (Å²) in [7, 11) is 0. The van der Waals surface area contributed by atoms with Crippen molar-refractivity contribution in [2.75, 3.05) is 4.90 Å². The van der Waals surface area contributed by atoms with Crippen molar-refractivity contribution in [3.05, 3.63) is 277 Å². The summed E-state index contributed by atoms with van der Waals surface area (Å²) in [5.74, 6) is 0. The molecule has 11 aromatic carbocycles.